The van der Waals surface area contributed by atoms with Gasteiger partial charge in [0.1, 0.15) is 6.01 Å². The smallest absolute Gasteiger partial charge is 0.100 e. The number of nitrogen functional groups attached to an aromatic ring is 1. The Balaban J connectivity index is 2.23. The Kier molecular flexibility index (Phi) is 3.34. The Morgan fingerprint density at radius 3 is 2.47 bits per heavy atom. The van der Waals surface area contributed by atoms with E-state index >= 15 is 0 Å². The molecule has 0 atom stereocenters. The lowest BCUT2D eigenvalue weighted by Gasteiger charge is -1.98. The third-order valence-corrected chi connectivity index (χ3v) is 2.33. The molecule has 2 N–H and O–H groups in total. The van der Waals surface area contributed by atoms with Crippen molar-refractivity contribution in [2.45, 2.75) is 6.92 Å². The highest BCUT2D eigenvalue weighted by molar-refractivity contribution is 5.61. The number of hydrogen-bond acceptors (Lipinski definition) is 3. The Hall–Kier alpha value is -2.38. The van der Waals surface area contributed by atoms with E-state index in [-0.39, 0.29) is 0 Å². The largest absolute Gasteiger partial charge is 0.399 e. The zero-order valence-corrected chi connectivity index (χ0v) is 9.59. The van der Waals surface area contributed by atoms with Gasteiger partial charge >= 0.3 is 0 Å². The molecule has 0 aromatic heterocycles. The molecular formula is C14H13N3. The van der Waals surface area contributed by atoms with Gasteiger partial charge in [-0.15, -0.1) is 0 Å². The van der Waals surface area contributed by atoms with Gasteiger partial charge in [-0.2, -0.15) is 9.98 Å². The Labute approximate surface area is 100 Å². The van der Waals surface area contributed by atoms with E-state index in [1.165, 1.54) is 0 Å². The first-order chi connectivity index (χ1) is 8.25. The van der Waals surface area contributed by atoms with Gasteiger partial charge in [-0.25, -0.2) is 0 Å². The molecule has 0 saturated carbocycles. The van der Waals surface area contributed by atoms with Crippen molar-refractivity contribution in [2.75, 3.05) is 5.73 Å². The van der Waals surface area contributed by atoms with Crippen LogP contribution in [0.4, 0.5) is 17.1 Å². The molecule has 0 spiro atoms. The molecule has 0 bridgehead atoms. The van der Waals surface area contributed by atoms with Crippen LogP contribution < -0.4 is 5.73 Å². The minimum Gasteiger partial charge on any atom is -0.399 e. The summed E-state index contributed by atoms with van der Waals surface area (Å²) < 4.78 is 0. The number of benzene rings is 2. The monoisotopic (exact) mass is 223 g/mol. The second kappa shape index (κ2) is 5.10. The SMILES string of the molecule is Cc1cc(N)ccc1N=C=Nc1ccccc1. The first-order valence-electron chi connectivity index (χ1n) is 5.33. The molecule has 2 rings (SSSR count). The standard InChI is InChI=1S/C14H13N3/c1-11-9-12(15)7-8-14(11)17-10-16-13-5-3-2-4-6-13/h2-9H,15H2,1H3. The van der Waals surface area contributed by atoms with Gasteiger partial charge in [0.15, 0.2) is 0 Å². The van der Waals surface area contributed by atoms with Gasteiger partial charge in [-0.05, 0) is 42.8 Å². The molecule has 0 aliphatic heterocycles. The second-order valence-corrected chi connectivity index (χ2v) is 3.71. The molecular weight excluding hydrogens is 210 g/mol. The summed E-state index contributed by atoms with van der Waals surface area (Å²) in [5, 5.41) is 0. The predicted octanol–water partition coefficient (Wildman–Crippen LogP) is 3.71. The van der Waals surface area contributed by atoms with Gasteiger partial charge in [0.05, 0.1) is 11.4 Å². The van der Waals surface area contributed by atoms with Crippen LogP contribution in [0.3, 0.4) is 0 Å². The summed E-state index contributed by atoms with van der Waals surface area (Å²) in [5.74, 6) is 0. The van der Waals surface area contributed by atoms with E-state index in [9.17, 15) is 0 Å². The fourth-order valence-electron chi connectivity index (χ4n) is 1.44. The molecule has 0 saturated heterocycles. The zero-order chi connectivity index (χ0) is 12.1. The van der Waals surface area contributed by atoms with Gasteiger partial charge in [0, 0.05) is 5.69 Å². The van der Waals surface area contributed by atoms with Crippen LogP contribution >= 0.6 is 0 Å². The molecule has 2 aromatic carbocycles. The number of aliphatic imine (C=N–C) groups is 2. The van der Waals surface area contributed by atoms with E-state index in [1.54, 1.807) is 0 Å². The summed E-state index contributed by atoms with van der Waals surface area (Å²) >= 11 is 0. The van der Waals surface area contributed by atoms with Crippen LogP contribution in [0.15, 0.2) is 58.5 Å². The second-order valence-electron chi connectivity index (χ2n) is 3.71. The van der Waals surface area contributed by atoms with E-state index < -0.39 is 0 Å². The first kappa shape index (κ1) is 11.1. The van der Waals surface area contributed by atoms with Crippen molar-refractivity contribution in [3.8, 4) is 0 Å². The molecule has 0 heterocycles. The highest BCUT2D eigenvalue weighted by Crippen LogP contribution is 2.20. The molecule has 17 heavy (non-hydrogen) atoms. The molecule has 0 unspecified atom stereocenters. The van der Waals surface area contributed by atoms with Crippen LogP contribution in [0.1, 0.15) is 5.56 Å². The van der Waals surface area contributed by atoms with E-state index in [0.717, 1.165) is 22.6 Å². The Morgan fingerprint density at radius 1 is 1.00 bits per heavy atom. The number of aryl methyl sites for hydroxylation is 1. The highest BCUT2D eigenvalue weighted by Gasteiger charge is 1.94. The average Bonchev–Trinajstić information content (AvgIpc) is 2.33. The normalized spacial score (nSPS) is 9.47. The van der Waals surface area contributed by atoms with Crippen LogP contribution in [0.2, 0.25) is 0 Å². The van der Waals surface area contributed by atoms with Crippen molar-refractivity contribution < 1.29 is 0 Å². The number of nitrogens with two attached hydrogens (primary N) is 1. The van der Waals surface area contributed by atoms with Crippen molar-refractivity contribution in [3.05, 3.63) is 54.1 Å². The topological polar surface area (TPSA) is 50.7 Å². The molecule has 0 fully saturated rings. The summed E-state index contributed by atoms with van der Waals surface area (Å²) in [5.41, 5.74) is 9.08. The lowest BCUT2D eigenvalue weighted by Crippen LogP contribution is -1.84. The van der Waals surface area contributed by atoms with Crippen LogP contribution in [-0.4, -0.2) is 6.01 Å². The van der Waals surface area contributed by atoms with Gasteiger partial charge in [0.2, 0.25) is 0 Å². The molecule has 84 valence electrons. The van der Waals surface area contributed by atoms with Crippen LogP contribution in [-0.2, 0) is 0 Å². The van der Waals surface area contributed by atoms with Gasteiger partial charge in [0.25, 0.3) is 0 Å². The number of rotatable bonds is 2. The Morgan fingerprint density at radius 2 is 1.76 bits per heavy atom. The summed E-state index contributed by atoms with van der Waals surface area (Å²) in [6, 6.07) is 17.8. The molecule has 3 heteroatoms. The van der Waals surface area contributed by atoms with Gasteiger partial charge in [-0.1, -0.05) is 18.2 Å². The van der Waals surface area contributed by atoms with Crippen LogP contribution in [0.5, 0.6) is 0 Å². The molecule has 0 radical (unpaired) electrons. The van der Waals surface area contributed by atoms with Crippen molar-refractivity contribution in [3.63, 3.8) is 0 Å². The van der Waals surface area contributed by atoms with E-state index in [1.807, 2.05) is 55.5 Å². The molecule has 0 aliphatic rings. The van der Waals surface area contributed by atoms with Crippen LogP contribution in [0.25, 0.3) is 0 Å². The zero-order valence-electron chi connectivity index (χ0n) is 9.59. The fraction of sp³-hybridized carbons (Fsp3) is 0.0714. The molecule has 0 aliphatic carbocycles. The fourth-order valence-corrected chi connectivity index (χ4v) is 1.44. The number of nitrogens with zero attached hydrogens (tertiary/aromatic N) is 2. The Bertz CT molecular complexity index is 567. The maximum absolute atomic E-state index is 5.66. The van der Waals surface area contributed by atoms with Crippen LogP contribution in [0, 0.1) is 6.92 Å². The van der Waals surface area contributed by atoms with E-state index in [0.29, 0.717) is 0 Å². The third-order valence-electron chi connectivity index (χ3n) is 2.33. The van der Waals surface area contributed by atoms with E-state index in [4.69, 9.17) is 5.73 Å². The van der Waals surface area contributed by atoms with Gasteiger partial charge < -0.3 is 5.73 Å². The lowest BCUT2D eigenvalue weighted by molar-refractivity contribution is 1.40. The minimum absolute atomic E-state index is 0.737. The summed E-state index contributed by atoms with van der Waals surface area (Å²) in [4.78, 5) is 8.29. The minimum atomic E-state index is 0.737. The van der Waals surface area contributed by atoms with Crippen molar-refractivity contribution in [1.29, 1.82) is 0 Å². The summed E-state index contributed by atoms with van der Waals surface area (Å²) in [6.07, 6.45) is 0. The number of para-hydroxylation sites is 1. The predicted molar refractivity (Wildman–Crippen MR) is 71.2 cm³/mol. The average molecular weight is 223 g/mol. The van der Waals surface area contributed by atoms with E-state index in [2.05, 4.69) is 16.0 Å². The van der Waals surface area contributed by atoms with Crippen molar-refractivity contribution in [1.82, 2.24) is 0 Å². The highest BCUT2D eigenvalue weighted by atomic mass is 14.8. The molecule has 3 nitrogen and oxygen atoms in total. The maximum atomic E-state index is 5.66. The lowest BCUT2D eigenvalue weighted by atomic mass is 10.2. The quantitative estimate of drug-likeness (QED) is 0.612. The summed E-state index contributed by atoms with van der Waals surface area (Å²) in [7, 11) is 0. The number of anilines is 1. The van der Waals surface area contributed by atoms with Crippen molar-refractivity contribution >= 4 is 23.1 Å². The summed E-state index contributed by atoms with van der Waals surface area (Å²) in [6.45, 7) is 1.96. The number of hydrogen-bond donors (Lipinski definition) is 1. The first-order valence-corrected chi connectivity index (χ1v) is 5.33. The van der Waals surface area contributed by atoms with Crippen molar-refractivity contribution in [2.24, 2.45) is 9.98 Å². The molecule has 0 amide bonds. The maximum Gasteiger partial charge on any atom is 0.100 e. The third kappa shape index (κ3) is 3.03. The van der Waals surface area contributed by atoms with Gasteiger partial charge in [-0.3, -0.25) is 0 Å². The molecule has 2 aromatic rings.